The lowest BCUT2D eigenvalue weighted by atomic mass is 9.51. The Morgan fingerprint density at radius 3 is 1.59 bits per heavy atom. The Morgan fingerprint density at radius 1 is 0.500 bits per heavy atom. The molecule has 0 amide bonds. The van der Waals surface area contributed by atoms with Crippen molar-refractivity contribution in [3.63, 3.8) is 0 Å². The van der Waals surface area contributed by atoms with Gasteiger partial charge in [-0.25, -0.2) is 0 Å². The van der Waals surface area contributed by atoms with Gasteiger partial charge >= 0.3 is 7.48 Å². The summed E-state index contributed by atoms with van der Waals surface area (Å²) in [6, 6.07) is 61.4. The predicted molar refractivity (Wildman–Crippen MR) is 227 cm³/mol. The minimum Gasteiger partial charge on any atom is -0.427 e. The van der Waals surface area contributed by atoms with Crippen molar-refractivity contribution in [3.8, 4) is 11.1 Å². The van der Waals surface area contributed by atoms with Crippen molar-refractivity contribution in [3.05, 3.63) is 208 Å². The molecule has 10 rings (SSSR count). The maximum atomic E-state index is 11.0. The van der Waals surface area contributed by atoms with Gasteiger partial charge in [0.15, 0.2) is 0 Å². The molecule has 7 aromatic carbocycles. The number of thiophene rings is 1. The maximum absolute atomic E-state index is 11.0. The molecule has 4 heteroatoms. The normalized spacial score (nSPS) is 15.1. The molecule has 2 nitrogen and oxygen atoms in total. The van der Waals surface area contributed by atoms with Crippen LogP contribution < -0.4 is 5.46 Å². The Morgan fingerprint density at radius 2 is 0.981 bits per heavy atom. The fraction of sp³-hybridized carbons (Fsp3) is 0.160. The lowest BCUT2D eigenvalue weighted by Crippen LogP contribution is -2.49. The van der Waals surface area contributed by atoms with Crippen molar-refractivity contribution >= 4 is 44.5 Å². The molecule has 0 fully saturated rings. The van der Waals surface area contributed by atoms with Gasteiger partial charge in [-0.2, -0.15) is 0 Å². The molecule has 0 saturated heterocycles. The molecule has 1 aromatic heterocycles. The molecule has 0 unspecified atom stereocenters. The van der Waals surface area contributed by atoms with Gasteiger partial charge in [-0.05, 0) is 95.5 Å². The largest absolute Gasteiger partial charge is 0.427 e. The first-order chi connectivity index (χ1) is 26.2. The first-order valence-corrected chi connectivity index (χ1v) is 19.7. The fourth-order valence-electron chi connectivity index (χ4n) is 9.56. The quantitative estimate of drug-likeness (QED) is 0.174. The van der Waals surface area contributed by atoms with Gasteiger partial charge < -0.3 is 9.76 Å². The molecule has 0 radical (unpaired) electrons. The summed E-state index contributed by atoms with van der Waals surface area (Å²) in [7, 11) is 0.375. The molecule has 1 N–H and O–H groups in total. The highest BCUT2D eigenvalue weighted by Crippen LogP contribution is 2.65. The summed E-state index contributed by atoms with van der Waals surface area (Å²) in [4.78, 5) is 0. The molecule has 262 valence electrons. The summed E-state index contributed by atoms with van der Waals surface area (Å²) < 4.78 is 9.10. The van der Waals surface area contributed by atoms with E-state index in [2.05, 4.69) is 164 Å². The van der Waals surface area contributed by atoms with Crippen molar-refractivity contribution < 1.29 is 9.76 Å². The van der Waals surface area contributed by atoms with Gasteiger partial charge in [0.25, 0.3) is 0 Å². The summed E-state index contributed by atoms with van der Waals surface area (Å²) >= 11 is 1.87. The summed E-state index contributed by atoms with van der Waals surface area (Å²) in [5.41, 5.74) is 11.0. The monoisotopic (exact) mass is 716 g/mol. The minimum absolute atomic E-state index is 0.375. The van der Waals surface area contributed by atoms with Crippen LogP contribution in [0.25, 0.3) is 31.3 Å². The van der Waals surface area contributed by atoms with E-state index < -0.39 is 22.0 Å². The van der Waals surface area contributed by atoms with Crippen molar-refractivity contribution in [1.29, 1.82) is 0 Å². The fourth-order valence-corrected chi connectivity index (χ4v) is 10.7. The standard InChI is InChI=1S/C50H41BO2S/c1-47(2,52)48(3,4)53-51-33-18-15-17-32(31-33)49(43-28-16-30-45-46(43)36-21-7-14-29-44(36)54-45)39-24-10-12-26-41(39)50(42-27-13-11-25-40(42)49)37-22-8-5-19-34(37)35-20-6-9-23-38(35)50/h5-31,51-52H,1-4H3. The van der Waals surface area contributed by atoms with E-state index >= 15 is 0 Å². The SMILES string of the molecule is CC(C)(O)C(C)(C)OBc1cccc(C2(c3cccc4sc5ccccc5c34)c3ccccc3C3(c4ccccc4-c4ccccc43)c3ccccc32)c1. The van der Waals surface area contributed by atoms with Crippen LogP contribution in [0.15, 0.2) is 164 Å². The predicted octanol–water partition coefficient (Wildman–Crippen LogP) is 10.7. The van der Waals surface area contributed by atoms with E-state index in [0.29, 0.717) is 7.48 Å². The lowest BCUT2D eigenvalue weighted by molar-refractivity contribution is -0.0893. The van der Waals surface area contributed by atoms with E-state index in [0.717, 1.165) is 5.46 Å². The Kier molecular flexibility index (Phi) is 7.33. The number of hydrogen-bond acceptors (Lipinski definition) is 3. The van der Waals surface area contributed by atoms with E-state index in [1.807, 2.05) is 39.0 Å². The Bertz CT molecular complexity index is 2670. The highest BCUT2D eigenvalue weighted by Gasteiger charge is 2.57. The molecule has 0 saturated carbocycles. The summed E-state index contributed by atoms with van der Waals surface area (Å²) in [6.07, 6.45) is 0. The van der Waals surface area contributed by atoms with E-state index in [4.69, 9.17) is 4.65 Å². The molecular weight excluding hydrogens is 675 g/mol. The van der Waals surface area contributed by atoms with Crippen LogP contribution in [0.5, 0.6) is 0 Å². The molecule has 2 aliphatic carbocycles. The van der Waals surface area contributed by atoms with Crippen LogP contribution >= 0.6 is 11.3 Å². The zero-order valence-electron chi connectivity index (χ0n) is 31.1. The van der Waals surface area contributed by atoms with E-state index in [1.165, 1.54) is 75.8 Å². The zero-order valence-corrected chi connectivity index (χ0v) is 31.9. The maximum Gasteiger partial charge on any atom is 0.309 e. The average Bonchev–Trinajstić information content (AvgIpc) is 3.72. The van der Waals surface area contributed by atoms with Crippen LogP contribution in [-0.4, -0.2) is 23.8 Å². The van der Waals surface area contributed by atoms with Crippen LogP contribution in [0.4, 0.5) is 0 Å². The summed E-state index contributed by atoms with van der Waals surface area (Å²) in [6.45, 7) is 7.56. The van der Waals surface area contributed by atoms with Crippen molar-refractivity contribution in [2.75, 3.05) is 0 Å². The molecule has 1 heterocycles. The Labute approximate surface area is 322 Å². The second kappa shape index (κ2) is 11.9. The number of aliphatic hydroxyl groups is 1. The van der Waals surface area contributed by atoms with Gasteiger partial charge in [0.05, 0.1) is 22.0 Å². The Balaban J connectivity index is 1.35. The van der Waals surface area contributed by atoms with Crippen LogP contribution in [0.2, 0.25) is 0 Å². The third-order valence-electron chi connectivity index (χ3n) is 12.7. The van der Waals surface area contributed by atoms with Crippen LogP contribution in [0.1, 0.15) is 72.2 Å². The molecule has 0 aliphatic heterocycles. The second-order valence-electron chi connectivity index (χ2n) is 16.0. The average molecular weight is 717 g/mol. The second-order valence-corrected chi connectivity index (χ2v) is 17.1. The van der Waals surface area contributed by atoms with E-state index in [1.54, 1.807) is 0 Å². The summed E-state index contributed by atoms with van der Waals surface area (Å²) in [5, 5.41) is 13.6. The molecule has 2 aliphatic rings. The third kappa shape index (κ3) is 4.42. The van der Waals surface area contributed by atoms with Crippen molar-refractivity contribution in [2.45, 2.75) is 49.7 Å². The van der Waals surface area contributed by atoms with Gasteiger partial charge in [-0.15, -0.1) is 11.3 Å². The van der Waals surface area contributed by atoms with Gasteiger partial charge in [0, 0.05) is 20.2 Å². The van der Waals surface area contributed by atoms with Gasteiger partial charge in [0.2, 0.25) is 0 Å². The molecule has 0 bridgehead atoms. The Hall–Kier alpha value is -5.26. The molecule has 1 spiro atoms. The first kappa shape index (κ1) is 33.3. The number of fused-ring (bicyclic) bond motifs is 12. The topological polar surface area (TPSA) is 29.5 Å². The van der Waals surface area contributed by atoms with E-state index in [-0.39, 0.29) is 0 Å². The van der Waals surface area contributed by atoms with Crippen LogP contribution in [-0.2, 0) is 15.5 Å². The number of rotatable bonds is 6. The number of benzene rings is 7. The highest BCUT2D eigenvalue weighted by molar-refractivity contribution is 7.25. The first-order valence-electron chi connectivity index (χ1n) is 18.9. The molecule has 0 atom stereocenters. The van der Waals surface area contributed by atoms with Crippen molar-refractivity contribution in [1.82, 2.24) is 0 Å². The minimum atomic E-state index is -1.01. The third-order valence-corrected chi connectivity index (χ3v) is 13.8. The molecular formula is C50H41BO2S. The van der Waals surface area contributed by atoms with Gasteiger partial charge in [0.1, 0.15) is 0 Å². The van der Waals surface area contributed by atoms with Crippen LogP contribution in [0.3, 0.4) is 0 Å². The smallest absolute Gasteiger partial charge is 0.309 e. The molecule has 8 aromatic rings. The summed E-state index contributed by atoms with van der Waals surface area (Å²) in [5.74, 6) is 0. The van der Waals surface area contributed by atoms with Crippen LogP contribution in [0, 0.1) is 0 Å². The number of hydrogen-bond donors (Lipinski definition) is 1. The van der Waals surface area contributed by atoms with Crippen molar-refractivity contribution in [2.24, 2.45) is 0 Å². The van der Waals surface area contributed by atoms with Gasteiger partial charge in [-0.1, -0.05) is 157 Å². The van der Waals surface area contributed by atoms with Gasteiger partial charge in [-0.3, -0.25) is 0 Å². The highest BCUT2D eigenvalue weighted by atomic mass is 32.1. The molecule has 54 heavy (non-hydrogen) atoms. The zero-order chi connectivity index (χ0) is 36.9. The van der Waals surface area contributed by atoms with E-state index in [9.17, 15) is 5.11 Å². The lowest BCUT2D eigenvalue weighted by Gasteiger charge is -2.50.